The quantitative estimate of drug-likeness (QED) is 0.937. The summed E-state index contributed by atoms with van der Waals surface area (Å²) in [6, 6.07) is 5.87. The molecule has 0 saturated heterocycles. The molecule has 20 heavy (non-hydrogen) atoms. The average Bonchev–Trinajstić information content (AvgIpc) is 2.63. The van der Waals surface area contributed by atoms with E-state index in [1.54, 1.807) is 17.8 Å². The Kier molecular flexibility index (Phi) is 3.87. The van der Waals surface area contributed by atoms with Crippen LogP contribution in [0, 0.1) is 6.92 Å². The molecule has 0 aliphatic carbocycles. The number of alkyl halides is 3. The van der Waals surface area contributed by atoms with Crippen LogP contribution in [-0.2, 0) is 13.6 Å². The third-order valence-corrected chi connectivity index (χ3v) is 2.63. The van der Waals surface area contributed by atoms with Gasteiger partial charge in [0.2, 0.25) is 0 Å². The van der Waals surface area contributed by atoms with E-state index in [0.717, 1.165) is 11.4 Å². The summed E-state index contributed by atoms with van der Waals surface area (Å²) in [7, 11) is 1.80. The molecule has 0 bridgehead atoms. The smallest absolute Gasteiger partial charge is 0.406 e. The number of rotatable bonds is 4. The van der Waals surface area contributed by atoms with E-state index in [1.807, 2.05) is 13.1 Å². The first kappa shape index (κ1) is 14.2. The van der Waals surface area contributed by atoms with Gasteiger partial charge in [0.05, 0.1) is 11.4 Å². The van der Waals surface area contributed by atoms with Gasteiger partial charge in [-0.05, 0) is 24.6 Å². The van der Waals surface area contributed by atoms with Crippen LogP contribution in [0.4, 0.5) is 18.9 Å². The molecule has 7 heteroatoms. The summed E-state index contributed by atoms with van der Waals surface area (Å²) in [6.45, 7) is 2.24. The fourth-order valence-electron chi connectivity index (χ4n) is 1.82. The van der Waals surface area contributed by atoms with Crippen LogP contribution in [0.5, 0.6) is 5.75 Å². The Balaban J connectivity index is 2.03. The van der Waals surface area contributed by atoms with Crippen LogP contribution in [0.3, 0.4) is 0 Å². The molecule has 0 fully saturated rings. The molecule has 0 unspecified atom stereocenters. The van der Waals surface area contributed by atoms with Crippen LogP contribution in [0.1, 0.15) is 11.3 Å². The van der Waals surface area contributed by atoms with Gasteiger partial charge < -0.3 is 10.1 Å². The minimum atomic E-state index is -4.67. The maximum atomic E-state index is 12.1. The van der Waals surface area contributed by atoms with Gasteiger partial charge in [0.1, 0.15) is 5.75 Å². The van der Waals surface area contributed by atoms with Crippen LogP contribution in [0.25, 0.3) is 0 Å². The van der Waals surface area contributed by atoms with Crippen LogP contribution in [0.15, 0.2) is 30.5 Å². The Morgan fingerprint density at radius 3 is 2.70 bits per heavy atom. The lowest BCUT2D eigenvalue weighted by atomic mass is 10.2. The topological polar surface area (TPSA) is 39.1 Å². The van der Waals surface area contributed by atoms with Gasteiger partial charge in [0, 0.05) is 19.8 Å². The van der Waals surface area contributed by atoms with Gasteiger partial charge >= 0.3 is 6.36 Å². The fourth-order valence-corrected chi connectivity index (χ4v) is 1.82. The van der Waals surface area contributed by atoms with E-state index < -0.39 is 6.36 Å². The summed E-state index contributed by atoms with van der Waals surface area (Å²) >= 11 is 0. The van der Waals surface area contributed by atoms with E-state index in [2.05, 4.69) is 15.2 Å². The van der Waals surface area contributed by atoms with Crippen molar-refractivity contribution in [3.8, 4) is 5.75 Å². The van der Waals surface area contributed by atoms with Crippen molar-refractivity contribution in [1.82, 2.24) is 9.78 Å². The lowest BCUT2D eigenvalue weighted by Gasteiger charge is -2.10. The number of aromatic nitrogens is 2. The summed E-state index contributed by atoms with van der Waals surface area (Å²) in [5.74, 6) is -0.222. The Hall–Kier alpha value is -2.18. The van der Waals surface area contributed by atoms with Crippen molar-refractivity contribution in [3.63, 3.8) is 0 Å². The van der Waals surface area contributed by atoms with Gasteiger partial charge in [0.15, 0.2) is 0 Å². The largest absolute Gasteiger partial charge is 0.573 e. The van der Waals surface area contributed by atoms with Gasteiger partial charge in [-0.2, -0.15) is 5.10 Å². The van der Waals surface area contributed by atoms with E-state index in [9.17, 15) is 13.2 Å². The van der Waals surface area contributed by atoms with Gasteiger partial charge in [-0.1, -0.05) is 12.1 Å². The van der Waals surface area contributed by atoms with Crippen molar-refractivity contribution in [2.45, 2.75) is 19.8 Å². The predicted molar refractivity (Wildman–Crippen MR) is 68.4 cm³/mol. The van der Waals surface area contributed by atoms with Gasteiger partial charge in [0.25, 0.3) is 0 Å². The second-order valence-corrected chi connectivity index (χ2v) is 4.35. The number of hydrogen-bond donors (Lipinski definition) is 1. The van der Waals surface area contributed by atoms with Crippen molar-refractivity contribution in [2.75, 3.05) is 5.32 Å². The molecule has 0 aliphatic heterocycles. The van der Waals surface area contributed by atoms with Crippen LogP contribution >= 0.6 is 0 Å². The van der Waals surface area contributed by atoms with Crippen molar-refractivity contribution in [1.29, 1.82) is 0 Å². The molecule has 0 aliphatic rings. The summed E-state index contributed by atoms with van der Waals surface area (Å²) < 4.78 is 41.9. The second-order valence-electron chi connectivity index (χ2n) is 4.35. The summed E-state index contributed by atoms with van der Waals surface area (Å²) in [6.07, 6.45) is -2.86. The molecule has 0 amide bonds. The van der Waals surface area contributed by atoms with E-state index in [-0.39, 0.29) is 5.75 Å². The minimum absolute atomic E-state index is 0.222. The molecular weight excluding hydrogens is 271 g/mol. The lowest BCUT2D eigenvalue weighted by Crippen LogP contribution is -2.17. The molecule has 108 valence electrons. The Morgan fingerprint density at radius 2 is 2.10 bits per heavy atom. The average molecular weight is 285 g/mol. The highest BCUT2D eigenvalue weighted by molar-refractivity contribution is 5.46. The van der Waals surface area contributed by atoms with Crippen molar-refractivity contribution in [3.05, 3.63) is 41.7 Å². The van der Waals surface area contributed by atoms with Crippen molar-refractivity contribution in [2.24, 2.45) is 7.05 Å². The zero-order valence-corrected chi connectivity index (χ0v) is 11.0. The third-order valence-electron chi connectivity index (χ3n) is 2.63. The van der Waals surface area contributed by atoms with E-state index in [4.69, 9.17) is 0 Å². The predicted octanol–water partition coefficient (Wildman–Crippen LogP) is 3.24. The standard InChI is InChI=1S/C13H14F3N3O/c1-9-12(8-19(2)18-9)17-7-10-4-3-5-11(6-10)20-13(14,15)16/h3-6,8,17H,7H2,1-2H3. The van der Waals surface area contributed by atoms with Crippen molar-refractivity contribution >= 4 is 5.69 Å². The fraction of sp³-hybridized carbons (Fsp3) is 0.308. The monoisotopic (exact) mass is 285 g/mol. The van der Waals surface area contributed by atoms with E-state index in [1.165, 1.54) is 18.2 Å². The molecule has 1 heterocycles. The number of halogens is 3. The molecule has 1 N–H and O–H groups in total. The van der Waals surface area contributed by atoms with E-state index >= 15 is 0 Å². The Morgan fingerprint density at radius 1 is 1.35 bits per heavy atom. The molecule has 2 rings (SSSR count). The molecule has 4 nitrogen and oxygen atoms in total. The number of hydrogen-bond acceptors (Lipinski definition) is 3. The molecule has 0 radical (unpaired) electrons. The Labute approximate surface area is 114 Å². The maximum absolute atomic E-state index is 12.1. The maximum Gasteiger partial charge on any atom is 0.573 e. The highest BCUT2D eigenvalue weighted by atomic mass is 19.4. The SMILES string of the molecule is Cc1nn(C)cc1NCc1cccc(OC(F)(F)F)c1. The van der Waals surface area contributed by atoms with Crippen LogP contribution in [-0.4, -0.2) is 16.1 Å². The van der Waals surface area contributed by atoms with Gasteiger partial charge in [-0.3, -0.25) is 4.68 Å². The number of anilines is 1. The van der Waals surface area contributed by atoms with E-state index in [0.29, 0.717) is 12.1 Å². The zero-order chi connectivity index (χ0) is 14.8. The Bertz CT molecular complexity index is 593. The molecular formula is C13H14F3N3O. The number of aryl methyl sites for hydroxylation is 2. The van der Waals surface area contributed by atoms with Crippen molar-refractivity contribution < 1.29 is 17.9 Å². The third kappa shape index (κ3) is 3.91. The molecule has 1 aromatic carbocycles. The molecule has 1 aromatic heterocycles. The van der Waals surface area contributed by atoms with Gasteiger partial charge in [-0.15, -0.1) is 13.2 Å². The minimum Gasteiger partial charge on any atom is -0.406 e. The summed E-state index contributed by atoms with van der Waals surface area (Å²) in [5.41, 5.74) is 2.36. The first-order valence-electron chi connectivity index (χ1n) is 5.92. The summed E-state index contributed by atoms with van der Waals surface area (Å²) in [5, 5.41) is 7.29. The number of ether oxygens (including phenoxy) is 1. The summed E-state index contributed by atoms with van der Waals surface area (Å²) in [4.78, 5) is 0. The first-order valence-corrected chi connectivity index (χ1v) is 5.92. The zero-order valence-electron chi connectivity index (χ0n) is 11.0. The number of nitrogens with zero attached hydrogens (tertiary/aromatic N) is 2. The van der Waals surface area contributed by atoms with Crippen LogP contribution in [0.2, 0.25) is 0 Å². The van der Waals surface area contributed by atoms with Gasteiger partial charge in [-0.25, -0.2) is 0 Å². The highest BCUT2D eigenvalue weighted by Gasteiger charge is 2.31. The second kappa shape index (κ2) is 5.44. The lowest BCUT2D eigenvalue weighted by molar-refractivity contribution is -0.274. The molecule has 0 spiro atoms. The molecule has 0 saturated carbocycles. The molecule has 0 atom stereocenters. The molecule has 2 aromatic rings. The highest BCUT2D eigenvalue weighted by Crippen LogP contribution is 2.23. The number of benzene rings is 1. The number of nitrogens with one attached hydrogen (secondary N) is 1. The van der Waals surface area contributed by atoms with Crippen LogP contribution < -0.4 is 10.1 Å². The normalized spacial score (nSPS) is 11.4. The first-order chi connectivity index (χ1) is 9.33.